The molecule has 0 aromatic carbocycles. The molecule has 0 aliphatic heterocycles. The predicted octanol–water partition coefficient (Wildman–Crippen LogP) is 2.78. The van der Waals surface area contributed by atoms with Crippen molar-refractivity contribution in [3.8, 4) is 0 Å². The number of halogens is 2. The number of rotatable bonds is 3. The van der Waals surface area contributed by atoms with E-state index < -0.39 is 12.5 Å². The summed E-state index contributed by atoms with van der Waals surface area (Å²) in [5, 5.41) is 0. The topological polar surface area (TPSA) is 0 Å². The van der Waals surface area contributed by atoms with Crippen molar-refractivity contribution in [2.75, 3.05) is 6.67 Å². The van der Waals surface area contributed by atoms with Gasteiger partial charge in [-0.2, -0.15) is 0 Å². The van der Waals surface area contributed by atoms with Crippen molar-refractivity contribution < 1.29 is 8.78 Å². The van der Waals surface area contributed by atoms with Crippen LogP contribution in [0, 0.1) is 0 Å². The Balaban J connectivity index is 3.60. The van der Waals surface area contributed by atoms with E-state index in [1.807, 2.05) is 6.92 Å². The molecule has 0 amide bonds. The first-order chi connectivity index (χ1) is 4.31. The van der Waals surface area contributed by atoms with E-state index in [1.54, 1.807) is 6.08 Å². The van der Waals surface area contributed by atoms with Crippen LogP contribution in [0.3, 0.4) is 0 Å². The molecular formula is C7H10F2. The molecule has 0 nitrogen and oxygen atoms in total. The van der Waals surface area contributed by atoms with Crippen LogP contribution in [-0.2, 0) is 0 Å². The third-order valence-electron chi connectivity index (χ3n) is 0.785. The molecular weight excluding hydrogens is 122 g/mol. The fraction of sp³-hybridized carbons (Fsp3) is 0.429. The highest BCUT2D eigenvalue weighted by Gasteiger charge is 1.82. The molecule has 0 radical (unpaired) electrons. The van der Waals surface area contributed by atoms with Gasteiger partial charge < -0.3 is 0 Å². The lowest BCUT2D eigenvalue weighted by molar-refractivity contribution is 0.547. The second-order valence-corrected chi connectivity index (χ2v) is 1.55. The molecule has 0 spiro atoms. The summed E-state index contributed by atoms with van der Waals surface area (Å²) in [6, 6.07) is 0. The number of alkyl halides is 1. The molecule has 0 aliphatic carbocycles. The average molecular weight is 132 g/mol. The van der Waals surface area contributed by atoms with E-state index in [0.29, 0.717) is 0 Å². The lowest BCUT2D eigenvalue weighted by Crippen LogP contribution is -1.67. The summed E-state index contributed by atoms with van der Waals surface area (Å²) >= 11 is 0. The first kappa shape index (κ1) is 8.34. The highest BCUT2D eigenvalue weighted by Crippen LogP contribution is 1.98. The summed E-state index contributed by atoms with van der Waals surface area (Å²) < 4.78 is 23.4. The standard InChI is InChI=1S/C7H10F2/c1-2-3-4-7(9)5-6-8/h3-5H,2,6H2,1H3/b4-3-,7-5+. The normalized spacial score (nSPS) is 13.0. The maximum Gasteiger partial charge on any atom is 0.121 e. The van der Waals surface area contributed by atoms with Crippen LogP contribution in [-0.4, -0.2) is 6.67 Å². The SMILES string of the molecule is CC/C=C\C(F)=C/CF. The summed E-state index contributed by atoms with van der Waals surface area (Å²) in [7, 11) is 0. The molecule has 2 heteroatoms. The van der Waals surface area contributed by atoms with Gasteiger partial charge in [0, 0.05) is 0 Å². The van der Waals surface area contributed by atoms with Crippen molar-refractivity contribution >= 4 is 0 Å². The minimum atomic E-state index is -0.736. The Bertz CT molecular complexity index is 114. The smallest absolute Gasteiger partial charge is 0.121 e. The van der Waals surface area contributed by atoms with Gasteiger partial charge in [-0.3, -0.25) is 0 Å². The zero-order chi connectivity index (χ0) is 7.11. The number of hydrogen-bond donors (Lipinski definition) is 0. The first-order valence-corrected chi connectivity index (χ1v) is 2.89. The maximum absolute atomic E-state index is 12.1. The summed E-state index contributed by atoms with van der Waals surface area (Å²) in [5.41, 5.74) is 0. The number of allylic oxidation sites excluding steroid dienone is 4. The fourth-order valence-corrected chi connectivity index (χ4v) is 0.372. The van der Waals surface area contributed by atoms with E-state index in [0.717, 1.165) is 12.5 Å². The quantitative estimate of drug-likeness (QED) is 0.518. The van der Waals surface area contributed by atoms with Crippen LogP contribution in [0.1, 0.15) is 13.3 Å². The monoisotopic (exact) mass is 132 g/mol. The van der Waals surface area contributed by atoms with Crippen LogP contribution >= 0.6 is 0 Å². The highest BCUT2D eigenvalue weighted by atomic mass is 19.1. The minimum Gasteiger partial charge on any atom is -0.246 e. The zero-order valence-electron chi connectivity index (χ0n) is 5.40. The molecule has 0 bridgehead atoms. The molecule has 0 N–H and O–H groups in total. The van der Waals surface area contributed by atoms with Crippen molar-refractivity contribution in [3.63, 3.8) is 0 Å². The summed E-state index contributed by atoms with van der Waals surface area (Å²) in [6.07, 6.45) is 4.57. The Kier molecular flexibility index (Phi) is 5.07. The van der Waals surface area contributed by atoms with Gasteiger partial charge in [0.25, 0.3) is 0 Å². The van der Waals surface area contributed by atoms with Crippen molar-refractivity contribution in [1.29, 1.82) is 0 Å². The van der Waals surface area contributed by atoms with Crippen LogP contribution in [0.4, 0.5) is 8.78 Å². The lowest BCUT2D eigenvalue weighted by Gasteiger charge is -1.81. The van der Waals surface area contributed by atoms with E-state index in [9.17, 15) is 8.78 Å². The second kappa shape index (κ2) is 5.48. The Labute approximate surface area is 53.9 Å². The van der Waals surface area contributed by atoms with Crippen LogP contribution in [0.5, 0.6) is 0 Å². The van der Waals surface area contributed by atoms with Crippen molar-refractivity contribution in [2.45, 2.75) is 13.3 Å². The minimum absolute atomic E-state index is 0.501. The average Bonchev–Trinajstić information content (AvgIpc) is 1.85. The van der Waals surface area contributed by atoms with E-state index in [4.69, 9.17) is 0 Å². The van der Waals surface area contributed by atoms with Gasteiger partial charge in [-0.05, 0) is 18.6 Å². The van der Waals surface area contributed by atoms with Gasteiger partial charge in [0.05, 0.1) is 0 Å². The highest BCUT2D eigenvalue weighted by molar-refractivity contribution is 5.10. The molecule has 9 heavy (non-hydrogen) atoms. The fourth-order valence-electron chi connectivity index (χ4n) is 0.372. The molecule has 0 saturated heterocycles. The van der Waals surface area contributed by atoms with E-state index in [-0.39, 0.29) is 0 Å². The van der Waals surface area contributed by atoms with Gasteiger partial charge in [-0.15, -0.1) is 0 Å². The molecule has 0 rings (SSSR count). The van der Waals surface area contributed by atoms with Gasteiger partial charge in [0.1, 0.15) is 12.5 Å². The Morgan fingerprint density at radius 1 is 1.56 bits per heavy atom. The zero-order valence-corrected chi connectivity index (χ0v) is 5.40. The van der Waals surface area contributed by atoms with Gasteiger partial charge in [0.15, 0.2) is 0 Å². The second-order valence-electron chi connectivity index (χ2n) is 1.55. The van der Waals surface area contributed by atoms with E-state index >= 15 is 0 Å². The van der Waals surface area contributed by atoms with Crippen LogP contribution in [0.15, 0.2) is 24.1 Å². The molecule has 0 heterocycles. The first-order valence-electron chi connectivity index (χ1n) is 2.89. The molecule has 0 aromatic rings. The molecule has 52 valence electrons. The maximum atomic E-state index is 12.1. The molecule has 0 aromatic heterocycles. The van der Waals surface area contributed by atoms with E-state index in [2.05, 4.69) is 0 Å². The summed E-state index contributed by atoms with van der Waals surface area (Å²) in [6.45, 7) is 1.15. The molecule has 0 saturated carbocycles. The largest absolute Gasteiger partial charge is 0.246 e. The Morgan fingerprint density at radius 2 is 2.22 bits per heavy atom. The van der Waals surface area contributed by atoms with Gasteiger partial charge in [0.2, 0.25) is 0 Å². The molecule has 0 unspecified atom stereocenters. The predicted molar refractivity (Wildman–Crippen MR) is 34.6 cm³/mol. The molecule has 0 fully saturated rings. The van der Waals surface area contributed by atoms with Crippen molar-refractivity contribution in [3.05, 3.63) is 24.1 Å². The van der Waals surface area contributed by atoms with Crippen LogP contribution in [0.2, 0.25) is 0 Å². The van der Waals surface area contributed by atoms with Crippen molar-refractivity contribution in [1.82, 2.24) is 0 Å². The molecule has 0 aliphatic rings. The van der Waals surface area contributed by atoms with Gasteiger partial charge in [-0.25, -0.2) is 8.78 Å². The number of hydrogen-bond acceptors (Lipinski definition) is 0. The van der Waals surface area contributed by atoms with Gasteiger partial charge >= 0.3 is 0 Å². The summed E-state index contributed by atoms with van der Waals surface area (Å²) in [4.78, 5) is 0. The van der Waals surface area contributed by atoms with E-state index in [1.165, 1.54) is 6.08 Å². The van der Waals surface area contributed by atoms with Gasteiger partial charge in [-0.1, -0.05) is 13.0 Å². The Hall–Kier alpha value is -0.660. The lowest BCUT2D eigenvalue weighted by atomic mass is 10.4. The third kappa shape index (κ3) is 5.21. The van der Waals surface area contributed by atoms with Crippen LogP contribution < -0.4 is 0 Å². The molecule has 0 atom stereocenters. The third-order valence-corrected chi connectivity index (χ3v) is 0.785. The Morgan fingerprint density at radius 3 is 2.67 bits per heavy atom. The summed E-state index contributed by atoms with van der Waals surface area (Å²) in [5.74, 6) is -0.501. The van der Waals surface area contributed by atoms with Crippen LogP contribution in [0.25, 0.3) is 0 Å². The van der Waals surface area contributed by atoms with Crippen molar-refractivity contribution in [2.24, 2.45) is 0 Å².